The number of benzene rings is 1. The molecule has 1 aliphatic heterocycles. The van der Waals surface area contributed by atoms with Crippen molar-refractivity contribution in [3.63, 3.8) is 0 Å². The molecule has 1 heterocycles. The van der Waals surface area contributed by atoms with Crippen LogP contribution in [0.3, 0.4) is 0 Å². The Balaban J connectivity index is 1.88. The molecule has 0 saturated carbocycles. The standard InChI is InChI=1S/C18H24N2O4/c1-18(2,3)14(19-17(23)24)10-6-7-11-20-15(21)12-8-4-5-9-13(12)16(20)22/h4-5,8-9,14,19H,6-7,10-11H2,1-3H3,(H,23,24). The summed E-state index contributed by atoms with van der Waals surface area (Å²) in [4.78, 5) is 36.7. The number of carbonyl (C=O) groups is 3. The maximum absolute atomic E-state index is 12.3. The Labute approximate surface area is 141 Å². The van der Waals surface area contributed by atoms with Crippen molar-refractivity contribution in [2.24, 2.45) is 5.41 Å². The lowest BCUT2D eigenvalue weighted by Gasteiger charge is -2.30. The van der Waals surface area contributed by atoms with Gasteiger partial charge in [0.2, 0.25) is 0 Å². The molecule has 1 unspecified atom stereocenters. The molecule has 0 fully saturated rings. The minimum absolute atomic E-state index is 0.169. The Morgan fingerprint density at radius 3 is 2.12 bits per heavy atom. The predicted octanol–water partition coefficient (Wildman–Crippen LogP) is 3.14. The Bertz CT molecular complexity index is 614. The van der Waals surface area contributed by atoms with E-state index in [1.54, 1.807) is 24.3 Å². The van der Waals surface area contributed by atoms with Crippen LogP contribution in [0.4, 0.5) is 4.79 Å². The minimum Gasteiger partial charge on any atom is -0.465 e. The molecule has 0 spiro atoms. The zero-order valence-corrected chi connectivity index (χ0v) is 14.3. The van der Waals surface area contributed by atoms with E-state index in [0.717, 1.165) is 6.42 Å². The first-order valence-electron chi connectivity index (χ1n) is 8.16. The summed E-state index contributed by atoms with van der Waals surface area (Å²) >= 11 is 0. The topological polar surface area (TPSA) is 86.7 Å². The summed E-state index contributed by atoms with van der Waals surface area (Å²) in [5.74, 6) is -0.488. The number of nitrogens with zero attached hydrogens (tertiary/aromatic N) is 1. The molecule has 0 bridgehead atoms. The first-order chi connectivity index (χ1) is 11.2. The number of hydrogen-bond acceptors (Lipinski definition) is 3. The average Bonchev–Trinajstić information content (AvgIpc) is 2.74. The molecule has 1 aromatic rings. The second-order valence-electron chi connectivity index (χ2n) is 7.17. The SMILES string of the molecule is CC(C)(C)C(CCCCN1C(=O)c2ccccc2C1=O)NC(=O)O. The van der Waals surface area contributed by atoms with Gasteiger partial charge in [-0.2, -0.15) is 0 Å². The van der Waals surface area contributed by atoms with Gasteiger partial charge in [0.15, 0.2) is 0 Å². The van der Waals surface area contributed by atoms with Crippen molar-refractivity contribution in [3.8, 4) is 0 Å². The van der Waals surface area contributed by atoms with Crippen LogP contribution in [0.2, 0.25) is 0 Å². The number of carbonyl (C=O) groups excluding carboxylic acids is 2. The van der Waals surface area contributed by atoms with Crippen molar-refractivity contribution in [2.45, 2.75) is 46.1 Å². The third-order valence-corrected chi connectivity index (χ3v) is 4.35. The van der Waals surface area contributed by atoms with E-state index in [2.05, 4.69) is 5.32 Å². The van der Waals surface area contributed by atoms with E-state index in [4.69, 9.17) is 5.11 Å². The van der Waals surface area contributed by atoms with Crippen LogP contribution in [0.25, 0.3) is 0 Å². The molecule has 0 aromatic heterocycles. The zero-order valence-electron chi connectivity index (χ0n) is 14.3. The van der Waals surface area contributed by atoms with Crippen LogP contribution in [-0.4, -0.2) is 40.5 Å². The fourth-order valence-electron chi connectivity index (χ4n) is 2.93. The Morgan fingerprint density at radius 1 is 1.12 bits per heavy atom. The lowest BCUT2D eigenvalue weighted by atomic mass is 9.84. The highest BCUT2D eigenvalue weighted by atomic mass is 16.4. The van der Waals surface area contributed by atoms with Gasteiger partial charge in [0.1, 0.15) is 0 Å². The third kappa shape index (κ3) is 3.93. The summed E-state index contributed by atoms with van der Waals surface area (Å²) in [6.45, 7) is 6.31. The normalized spacial score (nSPS) is 15.4. The van der Waals surface area contributed by atoms with Crippen LogP contribution < -0.4 is 5.32 Å². The van der Waals surface area contributed by atoms with Crippen molar-refractivity contribution in [3.05, 3.63) is 35.4 Å². The summed E-state index contributed by atoms with van der Waals surface area (Å²) in [5.41, 5.74) is 0.735. The molecule has 1 aliphatic rings. The van der Waals surface area contributed by atoms with Gasteiger partial charge in [-0.3, -0.25) is 14.5 Å². The molecular weight excluding hydrogens is 308 g/mol. The average molecular weight is 332 g/mol. The van der Waals surface area contributed by atoms with Crippen molar-refractivity contribution in [1.82, 2.24) is 10.2 Å². The van der Waals surface area contributed by atoms with Gasteiger partial charge in [0.05, 0.1) is 11.1 Å². The molecule has 0 saturated heterocycles. The lowest BCUT2D eigenvalue weighted by Crippen LogP contribution is -2.43. The lowest BCUT2D eigenvalue weighted by molar-refractivity contribution is 0.0650. The molecule has 3 amide bonds. The zero-order chi connectivity index (χ0) is 17.9. The molecule has 24 heavy (non-hydrogen) atoms. The van der Waals surface area contributed by atoms with E-state index in [1.807, 2.05) is 20.8 Å². The molecule has 0 aliphatic carbocycles. The highest BCUT2D eigenvalue weighted by molar-refractivity contribution is 6.21. The van der Waals surface area contributed by atoms with Crippen molar-refractivity contribution in [2.75, 3.05) is 6.54 Å². The number of nitrogens with one attached hydrogen (secondary N) is 1. The minimum atomic E-state index is -1.03. The fraction of sp³-hybridized carbons (Fsp3) is 0.500. The summed E-state index contributed by atoms with van der Waals surface area (Å²) in [6.07, 6.45) is 1.02. The summed E-state index contributed by atoms with van der Waals surface area (Å²) in [6, 6.07) is 6.67. The number of imide groups is 1. The van der Waals surface area contributed by atoms with Gasteiger partial charge in [-0.05, 0) is 36.8 Å². The van der Waals surface area contributed by atoms with E-state index >= 15 is 0 Å². The number of fused-ring (bicyclic) bond motifs is 1. The second kappa shape index (κ2) is 7.03. The largest absolute Gasteiger partial charge is 0.465 e. The highest BCUT2D eigenvalue weighted by Gasteiger charge is 2.34. The second-order valence-corrected chi connectivity index (χ2v) is 7.17. The van der Waals surface area contributed by atoms with Crippen LogP contribution >= 0.6 is 0 Å². The number of unbranched alkanes of at least 4 members (excludes halogenated alkanes) is 1. The van der Waals surface area contributed by atoms with E-state index < -0.39 is 6.09 Å². The molecular formula is C18H24N2O4. The quantitative estimate of drug-likeness (QED) is 0.619. The van der Waals surface area contributed by atoms with Gasteiger partial charge in [-0.1, -0.05) is 32.9 Å². The van der Waals surface area contributed by atoms with Crippen molar-refractivity contribution < 1.29 is 19.5 Å². The van der Waals surface area contributed by atoms with E-state index in [9.17, 15) is 14.4 Å². The smallest absolute Gasteiger partial charge is 0.404 e. The van der Waals surface area contributed by atoms with Gasteiger partial charge in [0, 0.05) is 12.6 Å². The van der Waals surface area contributed by atoms with Crippen LogP contribution in [0.5, 0.6) is 0 Å². The summed E-state index contributed by atoms with van der Waals surface area (Å²) in [7, 11) is 0. The number of carboxylic acid groups (broad SMARTS) is 1. The molecule has 2 N–H and O–H groups in total. The van der Waals surface area contributed by atoms with E-state index in [1.165, 1.54) is 4.90 Å². The highest BCUT2D eigenvalue weighted by Crippen LogP contribution is 2.25. The molecule has 0 radical (unpaired) electrons. The maximum atomic E-state index is 12.3. The first kappa shape index (κ1) is 18.0. The van der Waals surface area contributed by atoms with Crippen LogP contribution in [0.15, 0.2) is 24.3 Å². The predicted molar refractivity (Wildman–Crippen MR) is 90.1 cm³/mol. The molecule has 2 rings (SSSR count). The number of hydrogen-bond donors (Lipinski definition) is 2. The van der Waals surface area contributed by atoms with Gasteiger partial charge < -0.3 is 10.4 Å². The van der Waals surface area contributed by atoms with Crippen LogP contribution in [0, 0.1) is 5.41 Å². The number of amides is 3. The Hall–Kier alpha value is -2.37. The molecule has 1 atom stereocenters. The monoisotopic (exact) mass is 332 g/mol. The van der Waals surface area contributed by atoms with Gasteiger partial charge in [-0.15, -0.1) is 0 Å². The van der Waals surface area contributed by atoms with Crippen LogP contribution in [-0.2, 0) is 0 Å². The Kier molecular flexibility index (Phi) is 5.26. The van der Waals surface area contributed by atoms with Gasteiger partial charge in [0.25, 0.3) is 11.8 Å². The fourth-order valence-corrected chi connectivity index (χ4v) is 2.93. The Morgan fingerprint density at radius 2 is 1.67 bits per heavy atom. The molecule has 6 nitrogen and oxygen atoms in total. The van der Waals surface area contributed by atoms with Crippen molar-refractivity contribution in [1.29, 1.82) is 0 Å². The van der Waals surface area contributed by atoms with Gasteiger partial charge in [-0.25, -0.2) is 4.79 Å². The van der Waals surface area contributed by atoms with E-state index in [-0.39, 0.29) is 23.3 Å². The molecule has 1 aromatic carbocycles. The van der Waals surface area contributed by atoms with Crippen LogP contribution in [0.1, 0.15) is 60.7 Å². The summed E-state index contributed by atoms with van der Waals surface area (Å²) in [5, 5.41) is 11.5. The molecule has 130 valence electrons. The first-order valence-corrected chi connectivity index (χ1v) is 8.16. The molecule has 6 heteroatoms. The number of rotatable bonds is 6. The third-order valence-electron chi connectivity index (χ3n) is 4.35. The van der Waals surface area contributed by atoms with Crippen molar-refractivity contribution >= 4 is 17.9 Å². The maximum Gasteiger partial charge on any atom is 0.404 e. The van der Waals surface area contributed by atoms with Gasteiger partial charge >= 0.3 is 6.09 Å². The summed E-state index contributed by atoms with van der Waals surface area (Å²) < 4.78 is 0. The van der Waals surface area contributed by atoms with E-state index in [0.29, 0.717) is 30.5 Å².